The molecule has 0 aromatic heterocycles. The maximum Gasteiger partial charge on any atom is 0.196 e. The van der Waals surface area contributed by atoms with E-state index in [4.69, 9.17) is 4.52 Å². The first-order valence-corrected chi connectivity index (χ1v) is 14.2. The van der Waals surface area contributed by atoms with E-state index < -0.39 is 7.49 Å². The maximum atomic E-state index is 7.24. The van der Waals surface area contributed by atoms with Crippen LogP contribution in [0.4, 0.5) is 0 Å². The van der Waals surface area contributed by atoms with E-state index in [0.717, 1.165) is 18.2 Å². The Morgan fingerprint density at radius 3 is 1.74 bits per heavy atom. The zero-order chi connectivity index (χ0) is 21.8. The molecule has 1 fully saturated rings. The number of rotatable bonds is 9. The van der Waals surface area contributed by atoms with Crippen molar-refractivity contribution in [3.8, 4) is 5.75 Å². The van der Waals surface area contributed by atoms with E-state index in [1.165, 1.54) is 40.8 Å². The molecule has 2 heteroatoms. The molecule has 0 N–H and O–H groups in total. The molecule has 3 aromatic carbocycles. The fourth-order valence-electron chi connectivity index (χ4n) is 4.62. The summed E-state index contributed by atoms with van der Waals surface area (Å²) in [6.07, 6.45) is 4.69. The molecule has 3 aromatic rings. The highest BCUT2D eigenvalue weighted by molar-refractivity contribution is 7.69. The molecule has 0 spiro atoms. The van der Waals surface area contributed by atoms with E-state index in [-0.39, 0.29) is 0 Å². The van der Waals surface area contributed by atoms with Crippen molar-refractivity contribution in [2.45, 2.75) is 57.8 Å². The summed E-state index contributed by atoms with van der Waals surface area (Å²) in [6.45, 7) is 9.37. The van der Waals surface area contributed by atoms with Crippen molar-refractivity contribution in [1.82, 2.24) is 0 Å². The molecular weight excluding hydrogens is 395 g/mol. The highest BCUT2D eigenvalue weighted by Crippen LogP contribution is 2.63. The molecule has 0 saturated heterocycles. The highest BCUT2D eigenvalue weighted by atomic mass is 31.2. The fraction of sp³-hybridized carbons (Fsp3) is 0.379. The lowest BCUT2D eigenvalue weighted by Crippen LogP contribution is -2.11. The van der Waals surface area contributed by atoms with Gasteiger partial charge in [0.05, 0.1) is 6.66 Å². The van der Waals surface area contributed by atoms with Crippen LogP contribution in [0.15, 0.2) is 78.9 Å². The van der Waals surface area contributed by atoms with E-state index in [1.54, 1.807) is 0 Å². The second-order valence-electron chi connectivity index (χ2n) is 9.72. The van der Waals surface area contributed by atoms with Crippen LogP contribution in [0.1, 0.15) is 67.7 Å². The van der Waals surface area contributed by atoms with E-state index in [9.17, 15) is 0 Å². The number of hydrogen-bond acceptors (Lipinski definition) is 1. The molecule has 1 aliphatic rings. The highest BCUT2D eigenvalue weighted by Gasteiger charge is 2.39. The normalized spacial score (nSPS) is 15.1. The second kappa shape index (κ2) is 9.58. The Hall–Kier alpha value is -2.11. The van der Waals surface area contributed by atoms with Gasteiger partial charge in [-0.25, -0.2) is 0 Å². The summed E-state index contributed by atoms with van der Waals surface area (Å²) in [5, 5.41) is 0. The van der Waals surface area contributed by atoms with Gasteiger partial charge in [-0.1, -0.05) is 99.6 Å². The van der Waals surface area contributed by atoms with E-state index in [1.807, 2.05) is 0 Å². The average molecular weight is 432 g/mol. The lowest BCUT2D eigenvalue weighted by molar-refractivity contribution is 0.546. The average Bonchev–Trinajstić information content (AvgIpc) is 3.60. The number of benzene rings is 3. The quantitative estimate of drug-likeness (QED) is 0.308. The van der Waals surface area contributed by atoms with Gasteiger partial charge in [0.2, 0.25) is 0 Å². The number of hydrogen-bond donors (Lipinski definition) is 0. The summed E-state index contributed by atoms with van der Waals surface area (Å²) in [4.78, 5) is 0. The molecule has 31 heavy (non-hydrogen) atoms. The van der Waals surface area contributed by atoms with Crippen LogP contribution in [0.2, 0.25) is 0 Å². The van der Waals surface area contributed by atoms with Crippen molar-refractivity contribution < 1.29 is 4.52 Å². The summed E-state index contributed by atoms with van der Waals surface area (Å²) in [5.74, 6) is 3.01. The van der Waals surface area contributed by atoms with Gasteiger partial charge in [0.25, 0.3) is 0 Å². The Morgan fingerprint density at radius 1 is 0.742 bits per heavy atom. The van der Waals surface area contributed by atoms with Crippen molar-refractivity contribution in [1.29, 1.82) is 0 Å². The van der Waals surface area contributed by atoms with E-state index in [2.05, 4.69) is 106 Å². The molecular formula is C29H36OP+. The van der Waals surface area contributed by atoms with Crippen molar-refractivity contribution in [3.05, 3.63) is 101 Å². The topological polar surface area (TPSA) is 9.23 Å². The van der Waals surface area contributed by atoms with Crippen LogP contribution in [0.3, 0.4) is 0 Å². The van der Waals surface area contributed by atoms with E-state index >= 15 is 0 Å². The van der Waals surface area contributed by atoms with Crippen LogP contribution in [-0.2, 0) is 12.3 Å². The molecule has 0 radical (unpaired) electrons. The van der Waals surface area contributed by atoms with Crippen LogP contribution in [0.25, 0.3) is 0 Å². The van der Waals surface area contributed by atoms with Gasteiger partial charge >= 0.3 is 0 Å². The predicted molar refractivity (Wildman–Crippen MR) is 135 cm³/mol. The van der Waals surface area contributed by atoms with Crippen molar-refractivity contribution in [2.24, 2.45) is 5.92 Å². The van der Waals surface area contributed by atoms with Crippen LogP contribution < -0.4 is 4.52 Å². The lowest BCUT2D eigenvalue weighted by atomic mass is 9.90. The summed E-state index contributed by atoms with van der Waals surface area (Å²) < 4.78 is 7.24. The Kier molecular flexibility index (Phi) is 6.83. The van der Waals surface area contributed by atoms with Gasteiger partial charge in [0, 0.05) is 11.1 Å². The summed E-state index contributed by atoms with van der Waals surface area (Å²) in [7, 11) is -1.78. The molecule has 0 heterocycles. The van der Waals surface area contributed by atoms with Gasteiger partial charge in [-0.15, -0.1) is 0 Å². The summed E-state index contributed by atoms with van der Waals surface area (Å²) in [5.41, 5.74) is 5.51. The third kappa shape index (κ3) is 5.58. The first-order chi connectivity index (χ1) is 15.0. The standard InChI is InChI=1S/C29H36OP/c1-22(2)27-16-11-17-28(23(3)26-18-19-26)29(27)30-31(4,20-24-12-7-5-8-13-24)21-25-14-9-6-10-15-25/h5-17,22-23,26H,18-21H2,1-4H3/q+1. The number of para-hydroxylation sites is 1. The second-order valence-corrected chi connectivity index (χ2v) is 13.1. The zero-order valence-corrected chi connectivity index (χ0v) is 20.3. The molecule has 1 atom stereocenters. The monoisotopic (exact) mass is 431 g/mol. The van der Waals surface area contributed by atoms with Crippen LogP contribution in [0, 0.1) is 5.92 Å². The minimum absolute atomic E-state index is 0.447. The van der Waals surface area contributed by atoms with Gasteiger partial charge < -0.3 is 4.52 Å². The first kappa shape index (κ1) is 22.1. The SMILES string of the molecule is CC(C)c1cccc(C(C)C2CC2)c1O[P+](C)(Cc1ccccc1)Cc1ccccc1. The molecule has 1 unspecified atom stereocenters. The molecule has 1 saturated carbocycles. The predicted octanol–water partition coefficient (Wildman–Crippen LogP) is 8.67. The zero-order valence-electron chi connectivity index (χ0n) is 19.4. The first-order valence-electron chi connectivity index (χ1n) is 11.7. The minimum Gasteiger partial charge on any atom is -0.350 e. The van der Waals surface area contributed by atoms with Crippen LogP contribution >= 0.6 is 7.49 Å². The van der Waals surface area contributed by atoms with Crippen LogP contribution in [-0.4, -0.2) is 6.66 Å². The largest absolute Gasteiger partial charge is 0.350 e. The molecule has 0 amide bonds. The maximum absolute atomic E-state index is 7.24. The minimum atomic E-state index is -1.78. The van der Waals surface area contributed by atoms with Gasteiger partial charge in [-0.3, -0.25) is 0 Å². The van der Waals surface area contributed by atoms with E-state index in [0.29, 0.717) is 11.8 Å². The smallest absolute Gasteiger partial charge is 0.196 e. The summed E-state index contributed by atoms with van der Waals surface area (Å²) in [6, 6.07) is 28.6. The Balaban J connectivity index is 1.73. The lowest BCUT2D eigenvalue weighted by Gasteiger charge is -2.28. The van der Waals surface area contributed by atoms with Gasteiger partial charge in [-0.05, 0) is 41.7 Å². The van der Waals surface area contributed by atoms with Gasteiger partial charge in [0.1, 0.15) is 12.3 Å². The van der Waals surface area contributed by atoms with Gasteiger partial charge in [-0.2, -0.15) is 0 Å². The third-order valence-electron chi connectivity index (χ3n) is 6.55. The Bertz CT molecular complexity index is 935. The molecule has 1 nitrogen and oxygen atoms in total. The third-order valence-corrected chi connectivity index (χ3v) is 9.24. The van der Waals surface area contributed by atoms with Crippen molar-refractivity contribution in [3.63, 3.8) is 0 Å². The Labute approximate surface area is 189 Å². The summed E-state index contributed by atoms with van der Waals surface area (Å²) >= 11 is 0. The molecule has 0 bridgehead atoms. The molecule has 1 aliphatic carbocycles. The van der Waals surface area contributed by atoms with Gasteiger partial charge in [0.15, 0.2) is 13.2 Å². The molecule has 4 rings (SSSR count). The van der Waals surface area contributed by atoms with Crippen molar-refractivity contribution >= 4 is 7.49 Å². The van der Waals surface area contributed by atoms with Crippen LogP contribution in [0.5, 0.6) is 5.75 Å². The molecule has 0 aliphatic heterocycles. The Morgan fingerprint density at radius 2 is 1.26 bits per heavy atom. The molecule has 162 valence electrons. The van der Waals surface area contributed by atoms with Crippen molar-refractivity contribution in [2.75, 3.05) is 6.66 Å². The fourth-order valence-corrected chi connectivity index (χ4v) is 7.48.